The van der Waals surface area contributed by atoms with Crippen molar-refractivity contribution in [2.75, 3.05) is 13.6 Å². The third-order valence-corrected chi connectivity index (χ3v) is 4.93. The van der Waals surface area contributed by atoms with Crippen LogP contribution in [0.2, 0.25) is 5.28 Å². The van der Waals surface area contributed by atoms with Crippen LogP contribution in [-0.2, 0) is 11.8 Å². The summed E-state index contributed by atoms with van der Waals surface area (Å²) in [6.07, 6.45) is 2.21. The van der Waals surface area contributed by atoms with Crippen LogP contribution in [0.15, 0.2) is 36.5 Å². The van der Waals surface area contributed by atoms with Crippen LogP contribution in [-0.4, -0.2) is 49.6 Å². The highest BCUT2D eigenvalue weighted by Gasteiger charge is 2.42. The zero-order valence-electron chi connectivity index (χ0n) is 14.9. The van der Waals surface area contributed by atoms with Gasteiger partial charge in [0.15, 0.2) is 0 Å². The molecular formula is C20H17ClN4O2. The zero-order valence-corrected chi connectivity index (χ0v) is 15.7. The number of likely N-dealkylation sites (N-methyl/N-ethyl adjacent to an activating group) is 1. The maximum Gasteiger partial charge on any atom is 0.267 e. The van der Waals surface area contributed by atoms with E-state index >= 15 is 0 Å². The van der Waals surface area contributed by atoms with E-state index in [1.807, 2.05) is 48.1 Å². The number of carbonyl (C=O) groups excluding carboxylic acids is 1. The van der Waals surface area contributed by atoms with Crippen LogP contribution in [0, 0.1) is 11.8 Å². The summed E-state index contributed by atoms with van der Waals surface area (Å²) in [5, 5.41) is 11.5. The molecule has 1 aliphatic rings. The predicted octanol–water partition coefficient (Wildman–Crippen LogP) is 2.23. The quantitative estimate of drug-likeness (QED) is 0.519. The Morgan fingerprint density at radius 3 is 2.81 bits per heavy atom. The molecule has 1 saturated heterocycles. The third-order valence-electron chi connectivity index (χ3n) is 4.76. The van der Waals surface area contributed by atoms with E-state index < -0.39 is 5.60 Å². The molecule has 0 aliphatic carbocycles. The lowest BCUT2D eigenvalue weighted by molar-refractivity contribution is -0.137. The smallest absolute Gasteiger partial charge is 0.267 e. The number of aromatic nitrogens is 3. The number of hydrogen-bond donors (Lipinski definition) is 1. The number of nitrogens with zero attached hydrogens (tertiary/aromatic N) is 4. The first kappa shape index (κ1) is 17.5. The van der Waals surface area contributed by atoms with Gasteiger partial charge in [-0.1, -0.05) is 24.0 Å². The van der Waals surface area contributed by atoms with Crippen molar-refractivity contribution in [3.8, 4) is 23.1 Å². The lowest BCUT2D eigenvalue weighted by atomic mass is 10.0. The molecule has 6 nitrogen and oxygen atoms in total. The van der Waals surface area contributed by atoms with Gasteiger partial charge in [0.2, 0.25) is 10.9 Å². The van der Waals surface area contributed by atoms with Gasteiger partial charge < -0.3 is 14.6 Å². The van der Waals surface area contributed by atoms with Crippen molar-refractivity contribution in [3.63, 3.8) is 0 Å². The lowest BCUT2D eigenvalue weighted by Crippen LogP contribution is -2.37. The molecular weight excluding hydrogens is 364 g/mol. The Morgan fingerprint density at radius 1 is 1.26 bits per heavy atom. The number of aliphatic hydroxyl groups is 1. The molecule has 136 valence electrons. The summed E-state index contributed by atoms with van der Waals surface area (Å²) in [6.45, 7) is 0.496. The van der Waals surface area contributed by atoms with E-state index in [1.54, 1.807) is 7.05 Å². The van der Waals surface area contributed by atoms with E-state index in [2.05, 4.69) is 21.8 Å². The van der Waals surface area contributed by atoms with Gasteiger partial charge in [0.25, 0.3) is 5.91 Å². The third kappa shape index (κ3) is 3.05. The number of carbonyl (C=O) groups is 1. The minimum absolute atomic E-state index is 0.171. The molecule has 3 heterocycles. The number of halogens is 1. The number of amides is 1. The van der Waals surface area contributed by atoms with Crippen molar-refractivity contribution in [2.45, 2.75) is 12.0 Å². The van der Waals surface area contributed by atoms with Gasteiger partial charge >= 0.3 is 0 Å². The Labute approximate surface area is 161 Å². The zero-order chi connectivity index (χ0) is 19.2. The molecule has 1 atom stereocenters. The first-order valence-corrected chi connectivity index (χ1v) is 8.85. The maximum atomic E-state index is 12.1. The van der Waals surface area contributed by atoms with E-state index in [1.165, 1.54) is 4.90 Å². The number of likely N-dealkylation sites (tertiary alicyclic amines) is 1. The highest BCUT2D eigenvalue weighted by atomic mass is 35.5. The molecule has 2 aromatic heterocycles. The Morgan fingerprint density at radius 2 is 2.07 bits per heavy atom. The van der Waals surface area contributed by atoms with Crippen LogP contribution in [0.1, 0.15) is 12.0 Å². The van der Waals surface area contributed by atoms with Gasteiger partial charge in [0.1, 0.15) is 5.65 Å². The summed E-state index contributed by atoms with van der Waals surface area (Å²) in [6, 6.07) is 9.41. The van der Waals surface area contributed by atoms with E-state index in [9.17, 15) is 9.90 Å². The van der Waals surface area contributed by atoms with Gasteiger partial charge in [0.05, 0.1) is 5.69 Å². The van der Waals surface area contributed by atoms with Gasteiger partial charge in [-0.15, -0.1) is 0 Å². The standard InChI is InChI=1S/C20H17ClN4O2/c1-24-10-7-15-16(22-19(21)23-17(15)24)14-5-3-4-13(12-14)6-8-20(27)9-11-25(2)18(20)26/h3-5,7,10,12,27H,9,11H2,1-2H3. The van der Waals surface area contributed by atoms with Crippen LogP contribution >= 0.6 is 11.6 Å². The molecule has 1 aromatic carbocycles. The Balaban J connectivity index is 1.75. The van der Waals surface area contributed by atoms with Crippen LogP contribution in [0.25, 0.3) is 22.3 Å². The fourth-order valence-electron chi connectivity index (χ4n) is 3.22. The minimum Gasteiger partial charge on any atom is -0.369 e. The van der Waals surface area contributed by atoms with Gasteiger partial charge in [0, 0.05) is 49.8 Å². The second kappa shape index (κ2) is 6.38. The van der Waals surface area contributed by atoms with Gasteiger partial charge in [-0.3, -0.25) is 4.79 Å². The summed E-state index contributed by atoms with van der Waals surface area (Å²) in [5.41, 5.74) is 1.36. The first-order valence-electron chi connectivity index (χ1n) is 8.47. The average molecular weight is 381 g/mol. The molecule has 3 aromatic rings. The molecule has 1 unspecified atom stereocenters. The molecule has 27 heavy (non-hydrogen) atoms. The summed E-state index contributed by atoms with van der Waals surface area (Å²) in [4.78, 5) is 22.2. The van der Waals surface area contributed by atoms with Crippen molar-refractivity contribution >= 4 is 28.5 Å². The van der Waals surface area contributed by atoms with E-state index in [-0.39, 0.29) is 11.2 Å². The van der Waals surface area contributed by atoms with Crippen molar-refractivity contribution in [1.29, 1.82) is 0 Å². The lowest BCUT2D eigenvalue weighted by Gasteiger charge is -2.13. The maximum absolute atomic E-state index is 12.1. The van der Waals surface area contributed by atoms with Gasteiger partial charge in [-0.2, -0.15) is 4.98 Å². The Kier molecular flexibility index (Phi) is 4.14. The summed E-state index contributed by atoms with van der Waals surface area (Å²) in [5.74, 6) is 5.30. The van der Waals surface area contributed by atoms with Gasteiger partial charge in [-0.05, 0) is 29.8 Å². The van der Waals surface area contributed by atoms with Crippen molar-refractivity contribution in [2.24, 2.45) is 7.05 Å². The predicted molar refractivity (Wildman–Crippen MR) is 103 cm³/mol. The molecule has 1 amide bonds. The van der Waals surface area contributed by atoms with Crippen molar-refractivity contribution in [1.82, 2.24) is 19.4 Å². The number of hydrogen-bond acceptors (Lipinski definition) is 4. The molecule has 0 radical (unpaired) electrons. The fourth-order valence-corrected chi connectivity index (χ4v) is 3.38. The highest BCUT2D eigenvalue weighted by Crippen LogP contribution is 2.28. The molecule has 1 fully saturated rings. The molecule has 0 bridgehead atoms. The number of aryl methyl sites for hydroxylation is 1. The summed E-state index contributed by atoms with van der Waals surface area (Å²) < 4.78 is 1.88. The summed E-state index contributed by atoms with van der Waals surface area (Å²) in [7, 11) is 3.56. The van der Waals surface area contributed by atoms with Crippen LogP contribution in [0.3, 0.4) is 0 Å². The molecule has 4 rings (SSSR count). The average Bonchev–Trinajstić information content (AvgIpc) is 3.15. The largest absolute Gasteiger partial charge is 0.369 e. The SMILES string of the molecule is CN1CCC(O)(C#Cc2cccc(-c3nc(Cl)nc4c3ccn4C)c2)C1=O. The van der Waals surface area contributed by atoms with E-state index in [0.717, 1.165) is 16.6 Å². The molecule has 1 aliphatic heterocycles. The van der Waals surface area contributed by atoms with Crippen LogP contribution in [0.5, 0.6) is 0 Å². The van der Waals surface area contributed by atoms with E-state index in [0.29, 0.717) is 24.2 Å². The highest BCUT2D eigenvalue weighted by molar-refractivity contribution is 6.28. The Hall–Kier alpha value is -2.88. The monoisotopic (exact) mass is 380 g/mol. The topological polar surface area (TPSA) is 71.2 Å². The van der Waals surface area contributed by atoms with E-state index in [4.69, 9.17) is 11.6 Å². The summed E-state index contributed by atoms with van der Waals surface area (Å²) >= 11 is 6.10. The normalized spacial score (nSPS) is 19.4. The Bertz CT molecular complexity index is 1130. The molecule has 0 spiro atoms. The van der Waals surface area contributed by atoms with Crippen molar-refractivity contribution in [3.05, 3.63) is 47.4 Å². The van der Waals surface area contributed by atoms with Crippen molar-refractivity contribution < 1.29 is 9.90 Å². The number of benzene rings is 1. The number of fused-ring (bicyclic) bond motifs is 1. The van der Waals surface area contributed by atoms with Crippen LogP contribution in [0.4, 0.5) is 0 Å². The fraction of sp³-hybridized carbons (Fsp3) is 0.250. The minimum atomic E-state index is -1.62. The second-order valence-electron chi connectivity index (χ2n) is 6.67. The molecule has 1 N–H and O–H groups in total. The van der Waals surface area contributed by atoms with Gasteiger partial charge in [-0.25, -0.2) is 4.98 Å². The number of rotatable bonds is 1. The molecule has 7 heteroatoms. The first-order chi connectivity index (χ1) is 12.9. The molecule has 0 saturated carbocycles. The second-order valence-corrected chi connectivity index (χ2v) is 7.01. The van der Waals surface area contributed by atoms with Crippen LogP contribution < -0.4 is 0 Å².